The summed E-state index contributed by atoms with van der Waals surface area (Å²) in [6.07, 6.45) is -0.773. The van der Waals surface area contributed by atoms with Crippen molar-refractivity contribution in [1.29, 1.82) is 0 Å². The van der Waals surface area contributed by atoms with Crippen molar-refractivity contribution in [3.63, 3.8) is 0 Å². The van der Waals surface area contributed by atoms with Gasteiger partial charge in [-0.3, -0.25) is 4.79 Å². The van der Waals surface area contributed by atoms with E-state index in [-0.39, 0.29) is 0 Å². The summed E-state index contributed by atoms with van der Waals surface area (Å²) in [5, 5.41) is 27.8. The van der Waals surface area contributed by atoms with Crippen LogP contribution in [0.5, 0.6) is 0 Å². The van der Waals surface area contributed by atoms with Gasteiger partial charge in [0, 0.05) is 0 Å². The van der Waals surface area contributed by atoms with Gasteiger partial charge in [-0.1, -0.05) is 18.2 Å². The van der Waals surface area contributed by atoms with Gasteiger partial charge in [-0.05, 0) is 29.5 Å². The van der Waals surface area contributed by atoms with Crippen LogP contribution in [0.25, 0.3) is 0 Å². The summed E-state index contributed by atoms with van der Waals surface area (Å²) in [7, 11) is 0. The minimum absolute atomic E-state index is 0.446. The number of carboxylic acids is 1. The molecule has 3 N–H and O–H groups in total. The lowest BCUT2D eigenvalue weighted by molar-refractivity contribution is -0.141. The molecule has 0 spiro atoms. The van der Waals surface area contributed by atoms with E-state index in [1.165, 1.54) is 11.1 Å². The zero-order valence-electron chi connectivity index (χ0n) is 8.76. The molecule has 4 nitrogen and oxygen atoms in total. The number of hydrogen-bond acceptors (Lipinski definition) is 3. The molecule has 1 aliphatic rings. The van der Waals surface area contributed by atoms with Crippen molar-refractivity contribution < 1.29 is 20.1 Å². The van der Waals surface area contributed by atoms with Gasteiger partial charge in [0.25, 0.3) is 0 Å². The van der Waals surface area contributed by atoms with Gasteiger partial charge in [0.2, 0.25) is 0 Å². The zero-order chi connectivity index (χ0) is 11.7. The van der Waals surface area contributed by atoms with Crippen LogP contribution in [-0.4, -0.2) is 27.4 Å². The van der Waals surface area contributed by atoms with Crippen LogP contribution in [0.2, 0.25) is 0 Å². The van der Waals surface area contributed by atoms with Gasteiger partial charge in [0.15, 0.2) is 0 Å². The number of aryl methyl sites for hydroxylation is 2. The molecule has 4 heteroatoms. The minimum atomic E-state index is -1.25. The molecule has 1 aromatic rings. The van der Waals surface area contributed by atoms with E-state index in [1.54, 1.807) is 6.07 Å². The molecule has 0 bridgehead atoms. The quantitative estimate of drug-likeness (QED) is 0.699. The van der Waals surface area contributed by atoms with Crippen LogP contribution >= 0.6 is 0 Å². The molecule has 2 rings (SSSR count). The van der Waals surface area contributed by atoms with Crippen LogP contribution in [0.15, 0.2) is 18.2 Å². The van der Waals surface area contributed by atoms with Crippen molar-refractivity contribution >= 4 is 5.97 Å². The van der Waals surface area contributed by atoms with Crippen molar-refractivity contribution in [2.45, 2.75) is 31.5 Å². The predicted octanol–water partition coefficient (Wildman–Crippen LogP) is 0.654. The molecule has 0 saturated carbocycles. The normalized spacial score (nSPS) is 17.1. The van der Waals surface area contributed by atoms with Crippen molar-refractivity contribution in [1.82, 2.24) is 0 Å². The fraction of sp³-hybridized carbons (Fsp3) is 0.417. The Balaban J connectivity index is 2.10. The molecule has 1 aliphatic carbocycles. The van der Waals surface area contributed by atoms with Crippen molar-refractivity contribution in [2.75, 3.05) is 0 Å². The summed E-state index contributed by atoms with van der Waals surface area (Å²) < 4.78 is 0. The van der Waals surface area contributed by atoms with Gasteiger partial charge < -0.3 is 15.3 Å². The topological polar surface area (TPSA) is 77.8 Å². The number of rotatable bonds is 4. The Hall–Kier alpha value is -1.39. The van der Waals surface area contributed by atoms with Crippen LogP contribution in [0.3, 0.4) is 0 Å². The van der Waals surface area contributed by atoms with E-state index in [1.807, 2.05) is 12.1 Å². The highest BCUT2D eigenvalue weighted by Crippen LogP contribution is 2.27. The summed E-state index contributed by atoms with van der Waals surface area (Å²) in [4.78, 5) is 10.4. The fourth-order valence-electron chi connectivity index (χ4n) is 1.91. The number of carbonyl (C=O) groups is 1. The fourth-order valence-corrected chi connectivity index (χ4v) is 1.91. The van der Waals surface area contributed by atoms with Crippen molar-refractivity contribution in [3.8, 4) is 0 Å². The molecule has 16 heavy (non-hydrogen) atoms. The molecular formula is C12H14O4. The van der Waals surface area contributed by atoms with E-state index in [2.05, 4.69) is 0 Å². The van der Waals surface area contributed by atoms with Gasteiger partial charge >= 0.3 is 5.97 Å². The van der Waals surface area contributed by atoms with Crippen LogP contribution < -0.4 is 0 Å². The monoisotopic (exact) mass is 222 g/mol. The molecule has 0 amide bonds. The first-order valence-corrected chi connectivity index (χ1v) is 5.27. The Labute approximate surface area is 93.2 Å². The van der Waals surface area contributed by atoms with E-state index in [0.29, 0.717) is 5.56 Å². The van der Waals surface area contributed by atoms with E-state index >= 15 is 0 Å². The summed E-state index contributed by atoms with van der Waals surface area (Å²) >= 11 is 0. The number of hydrogen-bond donors (Lipinski definition) is 3. The maximum atomic E-state index is 10.4. The lowest BCUT2D eigenvalue weighted by Gasteiger charge is -2.22. The Kier molecular flexibility index (Phi) is 2.94. The van der Waals surface area contributed by atoms with E-state index in [9.17, 15) is 15.0 Å². The molecule has 0 saturated heterocycles. The zero-order valence-corrected chi connectivity index (χ0v) is 8.76. The maximum absolute atomic E-state index is 10.4. The summed E-state index contributed by atoms with van der Waals surface area (Å²) in [6, 6.07) is 5.51. The predicted molar refractivity (Wildman–Crippen MR) is 57.1 cm³/mol. The number of fused-ring (bicyclic) bond motifs is 1. The SMILES string of the molecule is O=C(O)CC(O)C(O)c1ccc2c(c1)CC2. The van der Waals surface area contributed by atoms with Gasteiger partial charge in [0.05, 0.1) is 12.5 Å². The van der Waals surface area contributed by atoms with Crippen molar-refractivity contribution in [3.05, 3.63) is 34.9 Å². The van der Waals surface area contributed by atoms with Crippen LogP contribution in [0.1, 0.15) is 29.2 Å². The van der Waals surface area contributed by atoms with E-state index < -0.39 is 24.6 Å². The molecule has 0 aromatic heterocycles. The van der Waals surface area contributed by atoms with E-state index in [4.69, 9.17) is 5.11 Å². The molecule has 2 unspecified atom stereocenters. The number of carboxylic acid groups (broad SMARTS) is 1. The second kappa shape index (κ2) is 4.23. The van der Waals surface area contributed by atoms with Crippen LogP contribution in [0.4, 0.5) is 0 Å². The highest BCUT2D eigenvalue weighted by atomic mass is 16.4. The van der Waals surface area contributed by atoms with Crippen LogP contribution in [0, 0.1) is 0 Å². The van der Waals surface area contributed by atoms with Gasteiger partial charge in [-0.15, -0.1) is 0 Å². The first-order chi connectivity index (χ1) is 7.58. The molecule has 86 valence electrons. The van der Waals surface area contributed by atoms with Crippen molar-refractivity contribution in [2.24, 2.45) is 0 Å². The Morgan fingerprint density at radius 1 is 1.25 bits per heavy atom. The largest absolute Gasteiger partial charge is 0.481 e. The summed E-state index contributed by atoms with van der Waals surface area (Å²) in [5.41, 5.74) is 3.04. The first-order valence-electron chi connectivity index (χ1n) is 5.27. The summed E-state index contributed by atoms with van der Waals surface area (Å²) in [5.74, 6) is -1.12. The number of aliphatic hydroxyl groups is 2. The first kappa shape index (κ1) is 11.1. The highest BCUT2D eigenvalue weighted by Gasteiger charge is 2.23. The van der Waals surface area contributed by atoms with Gasteiger partial charge in [-0.25, -0.2) is 0 Å². The number of benzene rings is 1. The lowest BCUT2D eigenvalue weighted by Crippen LogP contribution is -2.22. The second-order valence-electron chi connectivity index (χ2n) is 4.14. The average molecular weight is 222 g/mol. The van der Waals surface area contributed by atoms with Gasteiger partial charge in [0.1, 0.15) is 6.10 Å². The Bertz CT molecular complexity index is 413. The maximum Gasteiger partial charge on any atom is 0.306 e. The molecular weight excluding hydrogens is 208 g/mol. The van der Waals surface area contributed by atoms with Crippen LogP contribution in [-0.2, 0) is 17.6 Å². The summed E-state index contributed by atoms with van der Waals surface area (Å²) in [6.45, 7) is 0. The highest BCUT2D eigenvalue weighted by molar-refractivity contribution is 5.67. The second-order valence-corrected chi connectivity index (χ2v) is 4.14. The Morgan fingerprint density at radius 3 is 2.44 bits per heavy atom. The average Bonchev–Trinajstić information content (AvgIpc) is 2.18. The van der Waals surface area contributed by atoms with E-state index in [0.717, 1.165) is 12.8 Å². The molecule has 1 aromatic carbocycles. The standard InChI is InChI=1S/C12H14O4/c13-10(6-11(14)15)12(16)9-4-2-7-1-3-8(7)5-9/h2,4-5,10,12-13,16H,1,3,6H2,(H,14,15). The molecule has 2 atom stereocenters. The molecule has 0 aliphatic heterocycles. The third kappa shape index (κ3) is 2.08. The van der Waals surface area contributed by atoms with Gasteiger partial charge in [-0.2, -0.15) is 0 Å². The third-order valence-electron chi connectivity index (χ3n) is 2.98. The third-order valence-corrected chi connectivity index (χ3v) is 2.98. The lowest BCUT2D eigenvalue weighted by atomic mass is 9.86. The molecule has 0 fully saturated rings. The number of aliphatic carboxylic acids is 1. The minimum Gasteiger partial charge on any atom is -0.481 e. The Morgan fingerprint density at radius 2 is 1.94 bits per heavy atom. The molecule has 0 heterocycles. The number of aliphatic hydroxyl groups excluding tert-OH is 2. The molecule has 0 radical (unpaired) electrons. The smallest absolute Gasteiger partial charge is 0.306 e.